The number of amides is 1. The van der Waals surface area contributed by atoms with Crippen molar-refractivity contribution in [3.05, 3.63) is 51.5 Å². The molecule has 2 aromatic rings. The molecule has 0 unspecified atom stereocenters. The van der Waals surface area contributed by atoms with Gasteiger partial charge in [0.1, 0.15) is 5.92 Å². The van der Waals surface area contributed by atoms with Gasteiger partial charge in [0.2, 0.25) is 0 Å². The smallest absolute Gasteiger partial charge is 0.259 e. The van der Waals surface area contributed by atoms with Crippen molar-refractivity contribution in [3.63, 3.8) is 0 Å². The van der Waals surface area contributed by atoms with Crippen LogP contribution in [0.3, 0.4) is 0 Å². The van der Waals surface area contributed by atoms with Crippen LogP contribution >= 0.6 is 11.3 Å². The van der Waals surface area contributed by atoms with Gasteiger partial charge in [0.25, 0.3) is 5.91 Å². The van der Waals surface area contributed by atoms with E-state index < -0.39 is 5.92 Å². The van der Waals surface area contributed by atoms with E-state index in [1.807, 2.05) is 6.07 Å². The molecule has 116 valence electrons. The van der Waals surface area contributed by atoms with Gasteiger partial charge in [-0.25, -0.2) is 5.01 Å². The summed E-state index contributed by atoms with van der Waals surface area (Å²) < 4.78 is 0. The van der Waals surface area contributed by atoms with Gasteiger partial charge >= 0.3 is 0 Å². The molecular weight excluding hydrogens is 310 g/mol. The number of pyridine rings is 1. The molecule has 0 bridgehead atoms. The summed E-state index contributed by atoms with van der Waals surface area (Å²) in [6.07, 6.45) is 6.51. The maximum Gasteiger partial charge on any atom is 0.259 e. The summed E-state index contributed by atoms with van der Waals surface area (Å²) in [6, 6.07) is 5.52. The Balaban J connectivity index is 1.71. The van der Waals surface area contributed by atoms with Crippen molar-refractivity contribution in [2.75, 3.05) is 7.05 Å². The Hall–Kier alpha value is -2.34. The van der Waals surface area contributed by atoms with Gasteiger partial charge in [-0.1, -0.05) is 0 Å². The van der Waals surface area contributed by atoms with Gasteiger partial charge in [0.05, 0.1) is 10.6 Å². The molecule has 1 aliphatic carbocycles. The fourth-order valence-corrected chi connectivity index (χ4v) is 4.37. The summed E-state index contributed by atoms with van der Waals surface area (Å²) in [5.41, 5.74) is 2.54. The van der Waals surface area contributed by atoms with Crippen molar-refractivity contribution in [2.45, 2.75) is 19.3 Å². The van der Waals surface area contributed by atoms with Crippen molar-refractivity contribution in [2.24, 2.45) is 11.0 Å². The van der Waals surface area contributed by atoms with Gasteiger partial charge in [0, 0.05) is 29.9 Å². The van der Waals surface area contributed by atoms with Gasteiger partial charge in [0.15, 0.2) is 5.78 Å². The SMILES string of the molecule is CN1N=C(c2ccncc2)[C@@H](C(=O)c2cc3c(s2)CCC3)C1=O. The predicted octanol–water partition coefficient (Wildman–Crippen LogP) is 2.31. The summed E-state index contributed by atoms with van der Waals surface area (Å²) in [5, 5.41) is 5.55. The van der Waals surface area contributed by atoms with Crippen LogP contribution < -0.4 is 0 Å². The lowest BCUT2D eigenvalue weighted by Gasteiger charge is -2.09. The molecule has 5 nitrogen and oxygen atoms in total. The number of rotatable bonds is 3. The third kappa shape index (κ3) is 2.30. The highest BCUT2D eigenvalue weighted by Crippen LogP contribution is 2.33. The molecule has 1 atom stereocenters. The lowest BCUT2D eigenvalue weighted by atomic mass is 9.92. The number of Topliss-reactive ketones (excluding diaryl/α,β-unsaturated/α-hetero) is 1. The Labute approximate surface area is 137 Å². The molecule has 4 rings (SSSR count). The maximum atomic E-state index is 13.0. The second kappa shape index (κ2) is 5.38. The minimum absolute atomic E-state index is 0.144. The summed E-state index contributed by atoms with van der Waals surface area (Å²) in [7, 11) is 1.59. The summed E-state index contributed by atoms with van der Waals surface area (Å²) in [5.74, 6) is -1.26. The molecule has 0 radical (unpaired) electrons. The summed E-state index contributed by atoms with van der Waals surface area (Å²) in [6.45, 7) is 0. The Morgan fingerprint density at radius 1 is 1.30 bits per heavy atom. The van der Waals surface area contributed by atoms with E-state index in [4.69, 9.17) is 0 Å². The first-order valence-corrected chi connectivity index (χ1v) is 8.39. The molecule has 23 heavy (non-hydrogen) atoms. The minimum Gasteiger partial charge on any atom is -0.292 e. The van der Waals surface area contributed by atoms with Gasteiger partial charge < -0.3 is 0 Å². The molecule has 1 amide bonds. The van der Waals surface area contributed by atoms with Crippen LogP contribution in [0.5, 0.6) is 0 Å². The number of hydrazone groups is 1. The van der Waals surface area contributed by atoms with Crippen LogP contribution in [0.1, 0.15) is 32.1 Å². The molecule has 0 saturated carbocycles. The number of nitrogens with zero attached hydrogens (tertiary/aromatic N) is 3. The van der Waals surface area contributed by atoms with Crippen molar-refractivity contribution in [3.8, 4) is 0 Å². The lowest BCUT2D eigenvalue weighted by Crippen LogP contribution is -2.31. The Morgan fingerprint density at radius 3 is 2.83 bits per heavy atom. The largest absolute Gasteiger partial charge is 0.292 e. The minimum atomic E-state index is -0.846. The molecule has 0 aromatic carbocycles. The molecule has 6 heteroatoms. The zero-order valence-electron chi connectivity index (χ0n) is 12.7. The van der Waals surface area contributed by atoms with Crippen molar-refractivity contribution >= 4 is 28.7 Å². The van der Waals surface area contributed by atoms with Crippen LogP contribution in [-0.2, 0) is 17.6 Å². The van der Waals surface area contributed by atoms with E-state index in [1.165, 1.54) is 26.8 Å². The number of ketones is 1. The van der Waals surface area contributed by atoms with E-state index >= 15 is 0 Å². The molecule has 0 saturated heterocycles. The molecule has 2 aromatic heterocycles. The van der Waals surface area contributed by atoms with Crippen LogP contribution in [-0.4, -0.2) is 34.4 Å². The third-order valence-corrected chi connectivity index (χ3v) is 5.58. The average Bonchev–Trinajstić information content (AvgIpc) is 3.22. The third-order valence-electron chi connectivity index (χ3n) is 4.32. The fraction of sp³-hybridized carbons (Fsp3) is 0.294. The Morgan fingerprint density at radius 2 is 2.09 bits per heavy atom. The van der Waals surface area contributed by atoms with Crippen molar-refractivity contribution < 1.29 is 9.59 Å². The molecule has 0 spiro atoms. The molecule has 0 fully saturated rings. The highest BCUT2D eigenvalue weighted by molar-refractivity contribution is 7.14. The number of aryl methyl sites for hydroxylation is 2. The van der Waals surface area contributed by atoms with Gasteiger partial charge in [-0.05, 0) is 43.0 Å². The molecule has 1 aliphatic heterocycles. The van der Waals surface area contributed by atoms with E-state index in [0.29, 0.717) is 10.6 Å². The number of hydrogen-bond donors (Lipinski definition) is 0. The van der Waals surface area contributed by atoms with Crippen molar-refractivity contribution in [1.82, 2.24) is 9.99 Å². The molecular formula is C17H15N3O2S. The summed E-state index contributed by atoms with van der Waals surface area (Å²) in [4.78, 5) is 31.4. The molecule has 3 heterocycles. The average molecular weight is 325 g/mol. The first-order chi connectivity index (χ1) is 11.1. The van der Waals surface area contributed by atoms with Crippen LogP contribution in [0.15, 0.2) is 35.7 Å². The lowest BCUT2D eigenvalue weighted by molar-refractivity contribution is -0.129. The zero-order chi connectivity index (χ0) is 16.0. The first kappa shape index (κ1) is 14.3. The first-order valence-electron chi connectivity index (χ1n) is 7.57. The number of hydrogen-bond acceptors (Lipinski definition) is 5. The van der Waals surface area contributed by atoms with Crippen LogP contribution in [0.25, 0.3) is 0 Å². The molecule has 2 aliphatic rings. The van der Waals surface area contributed by atoms with E-state index in [1.54, 1.807) is 31.6 Å². The topological polar surface area (TPSA) is 62.6 Å². The Kier molecular flexibility index (Phi) is 3.34. The highest BCUT2D eigenvalue weighted by Gasteiger charge is 2.41. The van der Waals surface area contributed by atoms with E-state index in [-0.39, 0.29) is 11.7 Å². The van der Waals surface area contributed by atoms with Crippen molar-refractivity contribution in [1.29, 1.82) is 0 Å². The quantitative estimate of drug-likeness (QED) is 0.642. The van der Waals surface area contributed by atoms with Gasteiger partial charge in [-0.3, -0.25) is 14.6 Å². The highest BCUT2D eigenvalue weighted by atomic mass is 32.1. The number of thiophene rings is 1. The number of carbonyl (C=O) groups excluding carboxylic acids is 2. The normalized spacial score (nSPS) is 19.9. The van der Waals surface area contributed by atoms with Gasteiger partial charge in [-0.15, -0.1) is 11.3 Å². The zero-order valence-corrected chi connectivity index (χ0v) is 13.5. The molecule has 0 N–H and O–H groups in total. The number of fused-ring (bicyclic) bond motifs is 1. The fourth-order valence-electron chi connectivity index (χ4n) is 3.15. The van der Waals surface area contributed by atoms with E-state index in [9.17, 15) is 9.59 Å². The van der Waals surface area contributed by atoms with Crippen LogP contribution in [0.4, 0.5) is 0 Å². The van der Waals surface area contributed by atoms with E-state index in [2.05, 4.69) is 10.1 Å². The number of carbonyl (C=O) groups is 2. The summed E-state index contributed by atoms with van der Waals surface area (Å²) >= 11 is 1.53. The monoisotopic (exact) mass is 325 g/mol. The van der Waals surface area contributed by atoms with E-state index in [0.717, 1.165) is 24.8 Å². The second-order valence-corrected chi connectivity index (χ2v) is 6.93. The predicted molar refractivity (Wildman–Crippen MR) is 87.7 cm³/mol. The standard InChI is InChI=1S/C17H15N3O2S/c1-20-17(22)14(15(19-20)10-5-7-18-8-6-10)16(21)13-9-11-3-2-4-12(11)23-13/h5-9,14H,2-4H2,1H3/t14-/m0/s1. The van der Waals surface area contributed by atoms with Crippen LogP contribution in [0, 0.1) is 5.92 Å². The van der Waals surface area contributed by atoms with Crippen LogP contribution in [0.2, 0.25) is 0 Å². The Bertz CT molecular complexity index is 804. The maximum absolute atomic E-state index is 13.0. The second-order valence-electron chi connectivity index (χ2n) is 5.79. The van der Waals surface area contributed by atoms with Gasteiger partial charge in [-0.2, -0.15) is 5.10 Å². The number of aromatic nitrogens is 1.